The Morgan fingerprint density at radius 3 is 2.42 bits per heavy atom. The molecule has 3 rings (SSSR count). The predicted molar refractivity (Wildman–Crippen MR) is 99.2 cm³/mol. The minimum Gasteiger partial charge on any atom is -0.347 e. The molecule has 1 N–H and O–H groups in total. The fraction of sp³-hybridized carbons (Fsp3) is 0.647. The van der Waals surface area contributed by atoms with Gasteiger partial charge in [0.1, 0.15) is 4.21 Å². The van der Waals surface area contributed by atoms with E-state index in [0.717, 1.165) is 25.7 Å². The molecule has 0 radical (unpaired) electrons. The van der Waals surface area contributed by atoms with Crippen molar-refractivity contribution in [2.75, 3.05) is 32.7 Å². The molecule has 1 aromatic rings. The van der Waals surface area contributed by atoms with Gasteiger partial charge in [-0.25, -0.2) is 8.42 Å². The second kappa shape index (κ2) is 8.49. The third-order valence-corrected chi connectivity index (χ3v) is 8.34. The van der Waals surface area contributed by atoms with Gasteiger partial charge in [-0.2, -0.15) is 4.31 Å². The minimum absolute atomic E-state index is 0.00694. The van der Waals surface area contributed by atoms with Gasteiger partial charge in [-0.15, -0.1) is 11.3 Å². The third kappa shape index (κ3) is 4.44. The van der Waals surface area contributed by atoms with Crippen LogP contribution in [0.15, 0.2) is 21.7 Å². The van der Waals surface area contributed by atoms with Gasteiger partial charge in [0.25, 0.3) is 10.0 Å². The smallest absolute Gasteiger partial charge is 0.252 e. The van der Waals surface area contributed by atoms with Crippen LogP contribution >= 0.6 is 11.3 Å². The molecule has 1 saturated heterocycles. The van der Waals surface area contributed by atoms with E-state index >= 15 is 0 Å². The van der Waals surface area contributed by atoms with Crippen LogP contribution in [-0.4, -0.2) is 62.2 Å². The van der Waals surface area contributed by atoms with Crippen LogP contribution in [0.1, 0.15) is 32.1 Å². The zero-order valence-corrected chi connectivity index (χ0v) is 16.4. The molecule has 9 heteroatoms. The lowest BCUT2D eigenvalue weighted by atomic mass is 9.89. The fourth-order valence-corrected chi connectivity index (χ4v) is 6.07. The van der Waals surface area contributed by atoms with Crippen LogP contribution < -0.4 is 5.32 Å². The first kappa shape index (κ1) is 19.3. The average molecular weight is 400 g/mol. The maximum atomic E-state index is 12.5. The van der Waals surface area contributed by atoms with Gasteiger partial charge < -0.3 is 10.2 Å². The number of sulfonamides is 1. The molecule has 2 heterocycles. The Balaban J connectivity index is 1.45. The van der Waals surface area contributed by atoms with Crippen LogP contribution in [0.2, 0.25) is 0 Å². The lowest BCUT2D eigenvalue weighted by Crippen LogP contribution is -2.52. The molecule has 0 atom stereocenters. The summed E-state index contributed by atoms with van der Waals surface area (Å²) in [5, 5.41) is 4.49. The Labute approximate surface area is 158 Å². The summed E-state index contributed by atoms with van der Waals surface area (Å²) in [6, 6.07) is 3.31. The summed E-state index contributed by atoms with van der Waals surface area (Å²) < 4.78 is 26.7. The van der Waals surface area contributed by atoms with Crippen LogP contribution in [0.5, 0.6) is 0 Å². The van der Waals surface area contributed by atoms with Gasteiger partial charge in [-0.05, 0) is 24.3 Å². The van der Waals surface area contributed by atoms with E-state index < -0.39 is 10.0 Å². The molecule has 0 aromatic carbocycles. The number of piperazine rings is 1. The molecule has 1 aliphatic carbocycles. The highest BCUT2D eigenvalue weighted by Crippen LogP contribution is 2.24. The lowest BCUT2D eigenvalue weighted by Gasteiger charge is -2.33. The second-order valence-electron chi connectivity index (χ2n) is 6.77. The summed E-state index contributed by atoms with van der Waals surface area (Å²) in [5.74, 6) is -0.149. The maximum absolute atomic E-state index is 12.5. The number of nitrogens with one attached hydrogen (secondary N) is 1. The third-order valence-electron chi connectivity index (χ3n) is 5.07. The summed E-state index contributed by atoms with van der Waals surface area (Å²) in [6.45, 7) is 1.25. The summed E-state index contributed by atoms with van der Waals surface area (Å²) in [5.41, 5.74) is 0. The molecule has 0 bridgehead atoms. The first-order valence-corrected chi connectivity index (χ1v) is 11.4. The number of carbonyl (C=O) groups excluding carboxylic acids is 2. The Bertz CT molecular complexity index is 719. The molecule has 2 amide bonds. The van der Waals surface area contributed by atoms with E-state index in [-0.39, 0.29) is 37.4 Å². The minimum atomic E-state index is -3.46. The Hall–Kier alpha value is -1.45. The Morgan fingerprint density at radius 1 is 1.12 bits per heavy atom. The zero-order valence-electron chi connectivity index (χ0n) is 14.7. The standard InChI is InChI=1S/C17H25N3O4S2/c21-15(13-18-17(22)14-5-2-1-3-6-14)19-8-10-20(11-9-19)26(23,24)16-7-4-12-25-16/h4,7,12,14H,1-3,5-6,8-11,13H2,(H,18,22). The number of nitrogens with zero attached hydrogens (tertiary/aromatic N) is 2. The SMILES string of the molecule is O=C(NCC(=O)N1CCN(S(=O)(=O)c2cccs2)CC1)C1CCCCC1. The van der Waals surface area contributed by atoms with E-state index in [4.69, 9.17) is 0 Å². The van der Waals surface area contributed by atoms with Crippen molar-refractivity contribution in [3.8, 4) is 0 Å². The van der Waals surface area contributed by atoms with E-state index in [1.807, 2.05) is 0 Å². The largest absolute Gasteiger partial charge is 0.347 e. The number of carbonyl (C=O) groups is 2. The van der Waals surface area contributed by atoms with Crippen LogP contribution in [-0.2, 0) is 19.6 Å². The molecule has 1 saturated carbocycles. The number of hydrogen-bond acceptors (Lipinski definition) is 5. The van der Waals surface area contributed by atoms with Crippen LogP contribution in [0, 0.1) is 5.92 Å². The number of hydrogen-bond donors (Lipinski definition) is 1. The molecule has 7 nitrogen and oxygen atoms in total. The van der Waals surface area contributed by atoms with Gasteiger partial charge in [0, 0.05) is 32.1 Å². The van der Waals surface area contributed by atoms with Crippen LogP contribution in [0.4, 0.5) is 0 Å². The second-order valence-corrected chi connectivity index (χ2v) is 9.88. The Kier molecular flexibility index (Phi) is 6.31. The normalized spacial score (nSPS) is 20.1. The summed E-state index contributed by atoms with van der Waals surface area (Å²) >= 11 is 1.20. The van der Waals surface area contributed by atoms with E-state index in [1.165, 1.54) is 22.1 Å². The highest BCUT2D eigenvalue weighted by atomic mass is 32.2. The van der Waals surface area contributed by atoms with Crippen molar-refractivity contribution in [2.45, 2.75) is 36.3 Å². The van der Waals surface area contributed by atoms with Crippen LogP contribution in [0.3, 0.4) is 0 Å². The predicted octanol–water partition coefficient (Wildman–Crippen LogP) is 1.28. The molecule has 2 fully saturated rings. The molecule has 1 aliphatic heterocycles. The molecule has 1 aromatic heterocycles. The maximum Gasteiger partial charge on any atom is 0.252 e. The van der Waals surface area contributed by atoms with Gasteiger partial charge in [-0.3, -0.25) is 9.59 Å². The van der Waals surface area contributed by atoms with Crippen molar-refractivity contribution >= 4 is 33.2 Å². The van der Waals surface area contributed by atoms with E-state index in [9.17, 15) is 18.0 Å². The quantitative estimate of drug-likeness (QED) is 0.808. The van der Waals surface area contributed by atoms with Gasteiger partial charge in [0.05, 0.1) is 6.54 Å². The molecule has 144 valence electrons. The van der Waals surface area contributed by atoms with E-state index in [0.29, 0.717) is 17.3 Å². The van der Waals surface area contributed by atoms with Crippen molar-refractivity contribution in [3.63, 3.8) is 0 Å². The molecule has 26 heavy (non-hydrogen) atoms. The van der Waals surface area contributed by atoms with Crippen molar-refractivity contribution in [1.82, 2.24) is 14.5 Å². The zero-order chi connectivity index (χ0) is 18.6. The average Bonchev–Trinajstić information content (AvgIpc) is 3.22. The fourth-order valence-electron chi connectivity index (χ4n) is 3.50. The van der Waals surface area contributed by atoms with Gasteiger partial charge in [0.15, 0.2) is 0 Å². The topological polar surface area (TPSA) is 86.8 Å². The Morgan fingerprint density at radius 2 is 1.81 bits per heavy atom. The van der Waals surface area contributed by atoms with Crippen LogP contribution in [0.25, 0.3) is 0 Å². The summed E-state index contributed by atoms with van der Waals surface area (Å²) in [7, 11) is -3.46. The van der Waals surface area contributed by atoms with Gasteiger partial charge in [-0.1, -0.05) is 25.3 Å². The van der Waals surface area contributed by atoms with E-state index in [1.54, 1.807) is 22.4 Å². The highest BCUT2D eigenvalue weighted by molar-refractivity contribution is 7.91. The van der Waals surface area contributed by atoms with Crippen molar-refractivity contribution in [2.24, 2.45) is 5.92 Å². The van der Waals surface area contributed by atoms with Gasteiger partial charge >= 0.3 is 0 Å². The summed E-state index contributed by atoms with van der Waals surface area (Å²) in [4.78, 5) is 26.1. The van der Waals surface area contributed by atoms with Crippen molar-refractivity contribution < 1.29 is 18.0 Å². The van der Waals surface area contributed by atoms with Crippen molar-refractivity contribution in [3.05, 3.63) is 17.5 Å². The highest BCUT2D eigenvalue weighted by Gasteiger charge is 2.31. The molecular weight excluding hydrogens is 374 g/mol. The molecular formula is C17H25N3O4S2. The first-order chi connectivity index (χ1) is 12.5. The number of thiophene rings is 1. The van der Waals surface area contributed by atoms with Gasteiger partial charge in [0.2, 0.25) is 11.8 Å². The lowest BCUT2D eigenvalue weighted by molar-refractivity contribution is -0.135. The first-order valence-electron chi connectivity index (χ1n) is 9.07. The van der Waals surface area contributed by atoms with Crippen molar-refractivity contribution in [1.29, 1.82) is 0 Å². The molecule has 0 spiro atoms. The number of rotatable bonds is 5. The molecule has 0 unspecified atom stereocenters. The molecule has 2 aliphatic rings. The van der Waals surface area contributed by atoms with E-state index in [2.05, 4.69) is 5.32 Å². The summed E-state index contributed by atoms with van der Waals surface area (Å²) in [6.07, 6.45) is 5.14. The monoisotopic (exact) mass is 399 g/mol. The number of amides is 2.